The van der Waals surface area contributed by atoms with Crippen LogP contribution in [0.15, 0.2) is 41.5 Å². The molecule has 6 nitrogen and oxygen atoms in total. The molecule has 1 aliphatic rings. The maximum absolute atomic E-state index is 8.03. The van der Waals surface area contributed by atoms with Crippen LogP contribution in [0.25, 0.3) is 11.1 Å². The van der Waals surface area contributed by atoms with E-state index in [-0.39, 0.29) is 5.41 Å². The van der Waals surface area contributed by atoms with Gasteiger partial charge in [-0.15, -0.1) is 4.33 Å². The Hall–Kier alpha value is -1.93. The van der Waals surface area contributed by atoms with Crippen LogP contribution < -0.4 is 4.74 Å². The summed E-state index contributed by atoms with van der Waals surface area (Å²) in [5.74, 6) is 2.30. The number of fused-ring (bicyclic) bond motifs is 1. The molecule has 0 saturated heterocycles. The Morgan fingerprint density at radius 1 is 1.15 bits per heavy atom. The van der Waals surface area contributed by atoms with Crippen molar-refractivity contribution in [1.82, 2.24) is 4.98 Å². The second-order valence-corrected chi connectivity index (χ2v) is 7.39. The summed E-state index contributed by atoms with van der Waals surface area (Å²) in [7, 11) is 0. The van der Waals surface area contributed by atoms with Crippen LogP contribution in [0.2, 0.25) is 0 Å². The summed E-state index contributed by atoms with van der Waals surface area (Å²) in [5.41, 5.74) is 4.35. The standard InChI is InChI=1S/C19H22N2O4S/c1-13-19(2,3)17-11-15(12-20-18(17)21-13)14-5-7-16(8-6-14)23-9-4-10-26-25-24-22/h5-8,11-12,22H,4,9-10H2,1-3H3. The zero-order chi connectivity index (χ0) is 18.6. The van der Waals surface area contributed by atoms with Crippen LogP contribution in [0.5, 0.6) is 5.75 Å². The van der Waals surface area contributed by atoms with Crippen molar-refractivity contribution in [3.05, 3.63) is 42.1 Å². The van der Waals surface area contributed by atoms with Gasteiger partial charge in [0.25, 0.3) is 0 Å². The van der Waals surface area contributed by atoms with Crippen LogP contribution in [0, 0.1) is 0 Å². The molecule has 0 radical (unpaired) electrons. The molecule has 0 unspecified atom stereocenters. The SMILES string of the molecule is CC1=Nc2ncc(-c3ccc(OCCCSOOO)cc3)cc2C1(C)C. The topological polar surface area (TPSA) is 73.2 Å². The first-order valence-corrected chi connectivity index (χ1v) is 9.32. The van der Waals surface area contributed by atoms with Gasteiger partial charge >= 0.3 is 0 Å². The minimum atomic E-state index is -0.0792. The minimum absolute atomic E-state index is 0.0792. The van der Waals surface area contributed by atoms with Crippen molar-refractivity contribution in [2.75, 3.05) is 12.4 Å². The van der Waals surface area contributed by atoms with Gasteiger partial charge in [-0.25, -0.2) is 15.2 Å². The third-order valence-electron chi connectivity index (χ3n) is 4.63. The van der Waals surface area contributed by atoms with Crippen molar-refractivity contribution in [1.29, 1.82) is 0 Å². The minimum Gasteiger partial charge on any atom is -0.494 e. The molecule has 0 fully saturated rings. The first-order chi connectivity index (χ1) is 12.5. The van der Waals surface area contributed by atoms with Crippen LogP contribution in [0.1, 0.15) is 32.8 Å². The lowest BCUT2D eigenvalue weighted by Crippen LogP contribution is -2.22. The van der Waals surface area contributed by atoms with Crippen LogP contribution in [-0.2, 0) is 14.8 Å². The fourth-order valence-corrected chi connectivity index (χ4v) is 3.11. The van der Waals surface area contributed by atoms with E-state index in [2.05, 4.69) is 46.2 Å². The van der Waals surface area contributed by atoms with Gasteiger partial charge in [-0.05, 0) is 37.1 Å². The Kier molecular flexibility index (Phi) is 5.93. The summed E-state index contributed by atoms with van der Waals surface area (Å²) < 4.78 is 10.00. The number of ether oxygens (including phenoxy) is 1. The summed E-state index contributed by atoms with van der Waals surface area (Å²) in [6, 6.07) is 10.2. The molecule has 3 rings (SSSR count). The molecule has 0 aliphatic carbocycles. The molecule has 1 aliphatic heterocycles. The maximum Gasteiger partial charge on any atom is 0.155 e. The zero-order valence-corrected chi connectivity index (χ0v) is 15.9. The molecule has 0 atom stereocenters. The number of nitrogens with zero attached hydrogens (tertiary/aromatic N) is 2. The number of aromatic nitrogens is 1. The summed E-state index contributed by atoms with van der Waals surface area (Å²) in [5, 5.41) is 11.5. The summed E-state index contributed by atoms with van der Waals surface area (Å²) in [4.78, 5) is 9.10. The van der Waals surface area contributed by atoms with Gasteiger partial charge in [-0.1, -0.05) is 31.0 Å². The summed E-state index contributed by atoms with van der Waals surface area (Å²) in [6.07, 6.45) is 2.65. The predicted molar refractivity (Wildman–Crippen MR) is 103 cm³/mol. The average molecular weight is 374 g/mol. The van der Waals surface area contributed by atoms with Gasteiger partial charge in [0.2, 0.25) is 0 Å². The van der Waals surface area contributed by atoms with E-state index < -0.39 is 0 Å². The Morgan fingerprint density at radius 2 is 1.92 bits per heavy atom. The largest absolute Gasteiger partial charge is 0.494 e. The number of hydrogen-bond acceptors (Lipinski definition) is 7. The van der Waals surface area contributed by atoms with Gasteiger partial charge in [0.15, 0.2) is 5.82 Å². The fraction of sp³-hybridized carbons (Fsp3) is 0.368. The Labute approximate surface area is 157 Å². The molecular weight excluding hydrogens is 352 g/mol. The third kappa shape index (κ3) is 4.07. The molecule has 1 aromatic carbocycles. The van der Waals surface area contributed by atoms with E-state index in [0.29, 0.717) is 12.4 Å². The molecule has 138 valence electrons. The smallest absolute Gasteiger partial charge is 0.155 e. The molecule has 0 spiro atoms. The first kappa shape index (κ1) is 18.8. The fourth-order valence-electron chi connectivity index (χ4n) is 2.76. The Bertz CT molecular complexity index is 791. The van der Waals surface area contributed by atoms with Crippen molar-refractivity contribution >= 4 is 23.6 Å². The highest BCUT2D eigenvalue weighted by molar-refractivity contribution is 7.94. The number of pyridine rings is 1. The quantitative estimate of drug-likeness (QED) is 0.304. The second-order valence-electron chi connectivity index (χ2n) is 6.61. The van der Waals surface area contributed by atoms with Crippen LogP contribution >= 0.6 is 12.0 Å². The molecule has 1 N–H and O–H groups in total. The van der Waals surface area contributed by atoms with Crippen molar-refractivity contribution in [2.45, 2.75) is 32.6 Å². The van der Waals surface area contributed by atoms with E-state index >= 15 is 0 Å². The average Bonchev–Trinajstić information content (AvgIpc) is 2.87. The second kappa shape index (κ2) is 8.18. The van der Waals surface area contributed by atoms with Crippen molar-refractivity contribution in [2.24, 2.45) is 4.99 Å². The lowest BCUT2D eigenvalue weighted by molar-refractivity contribution is -0.432. The lowest BCUT2D eigenvalue weighted by atomic mass is 9.82. The van der Waals surface area contributed by atoms with Gasteiger partial charge in [0.1, 0.15) is 5.75 Å². The molecule has 7 heteroatoms. The van der Waals surface area contributed by atoms with Crippen LogP contribution in [-0.4, -0.2) is 28.3 Å². The normalized spacial score (nSPS) is 14.8. The van der Waals surface area contributed by atoms with Crippen molar-refractivity contribution < 1.29 is 19.4 Å². The highest BCUT2D eigenvalue weighted by Gasteiger charge is 2.33. The predicted octanol–water partition coefficient (Wildman–Crippen LogP) is 4.97. The molecule has 0 amide bonds. The Morgan fingerprint density at radius 3 is 2.65 bits per heavy atom. The molecule has 0 saturated carbocycles. The number of benzene rings is 1. The first-order valence-electron chi connectivity index (χ1n) is 8.41. The number of rotatable bonds is 8. The lowest BCUT2D eigenvalue weighted by Gasteiger charge is -2.20. The van der Waals surface area contributed by atoms with E-state index in [1.54, 1.807) is 0 Å². The van der Waals surface area contributed by atoms with Gasteiger partial charge in [0.05, 0.1) is 6.61 Å². The Balaban J connectivity index is 1.62. The molecule has 1 aromatic heterocycles. The number of hydrogen-bond donors (Lipinski definition) is 1. The van der Waals surface area contributed by atoms with E-state index in [1.807, 2.05) is 30.5 Å². The van der Waals surface area contributed by atoms with Crippen LogP contribution in [0.4, 0.5) is 5.82 Å². The van der Waals surface area contributed by atoms with Gasteiger partial charge < -0.3 is 4.74 Å². The van der Waals surface area contributed by atoms with E-state index in [4.69, 9.17) is 9.99 Å². The third-order valence-corrected chi connectivity index (χ3v) is 5.24. The van der Waals surface area contributed by atoms with Crippen LogP contribution in [0.3, 0.4) is 0 Å². The highest BCUT2D eigenvalue weighted by atomic mass is 32.2. The van der Waals surface area contributed by atoms with E-state index in [1.165, 1.54) is 5.56 Å². The van der Waals surface area contributed by atoms with Crippen molar-refractivity contribution in [3.8, 4) is 16.9 Å². The van der Waals surface area contributed by atoms with Crippen molar-refractivity contribution in [3.63, 3.8) is 0 Å². The highest BCUT2D eigenvalue weighted by Crippen LogP contribution is 2.40. The van der Waals surface area contributed by atoms with Gasteiger partial charge in [-0.2, -0.15) is 0 Å². The van der Waals surface area contributed by atoms with E-state index in [9.17, 15) is 0 Å². The van der Waals surface area contributed by atoms with Gasteiger partial charge in [0, 0.05) is 46.2 Å². The van der Waals surface area contributed by atoms with Gasteiger partial charge in [-0.3, -0.25) is 0 Å². The zero-order valence-electron chi connectivity index (χ0n) is 15.1. The molecular formula is C19H22N2O4S. The molecule has 2 aromatic rings. The monoisotopic (exact) mass is 374 g/mol. The van der Waals surface area contributed by atoms with E-state index in [0.717, 1.165) is 46.9 Å². The molecule has 0 bridgehead atoms. The number of aliphatic imine (C=N–C) groups is 1. The summed E-state index contributed by atoms with van der Waals surface area (Å²) in [6.45, 7) is 6.97. The molecule has 2 heterocycles. The molecule has 26 heavy (non-hydrogen) atoms. The summed E-state index contributed by atoms with van der Waals surface area (Å²) >= 11 is 1.03. The maximum atomic E-state index is 8.03.